The number of ether oxygens (including phenoxy) is 1. The number of nitrogens with zero attached hydrogens (tertiary/aromatic N) is 2. The van der Waals surface area contributed by atoms with Crippen molar-refractivity contribution in [3.63, 3.8) is 0 Å². The molecule has 1 fully saturated rings. The van der Waals surface area contributed by atoms with Gasteiger partial charge in [-0.2, -0.15) is 8.78 Å². The molecule has 4 rings (SSSR count). The number of halogens is 5. The van der Waals surface area contributed by atoms with Crippen molar-refractivity contribution < 1.29 is 36.7 Å². The fourth-order valence-electron chi connectivity index (χ4n) is 4.33. The van der Waals surface area contributed by atoms with E-state index in [0.717, 1.165) is 15.5 Å². The number of carbonyl (C=O) groups excluding carboxylic acids is 3. The molecule has 0 unspecified atom stereocenters. The molecule has 1 aliphatic rings. The second-order valence-corrected chi connectivity index (χ2v) is 8.83. The number of rotatable bonds is 7. The van der Waals surface area contributed by atoms with Crippen LogP contribution in [0.3, 0.4) is 0 Å². The van der Waals surface area contributed by atoms with E-state index in [1.54, 1.807) is 6.07 Å². The molecule has 0 aliphatic carbocycles. The first kappa shape index (κ1) is 26.3. The molecule has 2 aromatic carbocycles. The highest BCUT2D eigenvalue weighted by Crippen LogP contribution is 2.31. The van der Waals surface area contributed by atoms with Gasteiger partial charge in [0.05, 0.1) is 28.8 Å². The zero-order valence-corrected chi connectivity index (χ0v) is 19.9. The molecule has 1 saturated heterocycles. The summed E-state index contributed by atoms with van der Waals surface area (Å²) in [5.41, 5.74) is 5.75. The third kappa shape index (κ3) is 5.63. The number of carbonyl (C=O) groups is 3. The number of benzene rings is 2. The molecule has 0 radical (unpaired) electrons. The summed E-state index contributed by atoms with van der Waals surface area (Å²) >= 11 is 5.77. The molecule has 8 nitrogen and oxygen atoms in total. The van der Waals surface area contributed by atoms with Crippen LogP contribution in [0, 0.1) is 5.82 Å². The van der Waals surface area contributed by atoms with E-state index < -0.39 is 42.5 Å². The van der Waals surface area contributed by atoms with E-state index in [1.807, 2.05) is 0 Å². The Bertz CT molecular complexity index is 1370. The minimum atomic E-state index is -3.10. The quantitative estimate of drug-likeness (QED) is 0.406. The van der Waals surface area contributed by atoms with Crippen LogP contribution >= 0.6 is 11.6 Å². The molecule has 3 amide bonds. The summed E-state index contributed by atoms with van der Waals surface area (Å²) < 4.78 is 58.9. The Hall–Kier alpha value is -3.80. The number of aryl methyl sites for hydroxylation is 1. The molecule has 37 heavy (non-hydrogen) atoms. The standard InChI is InChI=1S/C24H21ClF4N4O4/c25-16-3-1-2-12(21(16)27)4-7-20(34)19-8-13(26)10-33(19)24(36)31-17-11-32(23(30)35)18-9-14(37-22(28)29)5-6-15(17)18/h1-3,5-6,9,11,13,19,22H,4,7-8,10H2,(H2,30,35)(H,31,36)/t13-,19+/m1/s1. The zero-order chi connectivity index (χ0) is 26.9. The summed E-state index contributed by atoms with van der Waals surface area (Å²) in [6.45, 7) is -3.45. The van der Waals surface area contributed by atoms with Gasteiger partial charge in [-0.25, -0.2) is 18.4 Å². The Morgan fingerprint density at radius 1 is 1.22 bits per heavy atom. The van der Waals surface area contributed by atoms with Gasteiger partial charge in [0.1, 0.15) is 17.7 Å². The van der Waals surface area contributed by atoms with Crippen molar-refractivity contribution in [1.82, 2.24) is 9.47 Å². The van der Waals surface area contributed by atoms with E-state index in [4.69, 9.17) is 17.3 Å². The van der Waals surface area contributed by atoms with Gasteiger partial charge in [-0.15, -0.1) is 0 Å². The Kier molecular flexibility index (Phi) is 7.58. The van der Waals surface area contributed by atoms with Gasteiger partial charge in [-0.05, 0) is 30.2 Å². The van der Waals surface area contributed by atoms with Gasteiger partial charge in [-0.1, -0.05) is 23.7 Å². The van der Waals surface area contributed by atoms with E-state index in [1.165, 1.54) is 30.5 Å². The monoisotopic (exact) mass is 540 g/mol. The van der Waals surface area contributed by atoms with Crippen LogP contribution in [0.4, 0.5) is 32.8 Å². The maximum atomic E-state index is 14.3. The highest BCUT2D eigenvalue weighted by atomic mass is 35.5. The predicted molar refractivity (Wildman–Crippen MR) is 127 cm³/mol. The van der Waals surface area contributed by atoms with Crippen LogP contribution in [0.25, 0.3) is 10.9 Å². The van der Waals surface area contributed by atoms with E-state index >= 15 is 0 Å². The number of ketones is 1. The molecule has 1 aromatic heterocycles. The number of nitrogens with two attached hydrogens (primary N) is 1. The van der Waals surface area contributed by atoms with E-state index in [0.29, 0.717) is 0 Å². The van der Waals surface area contributed by atoms with Gasteiger partial charge in [0.2, 0.25) is 0 Å². The third-order valence-corrected chi connectivity index (χ3v) is 6.33. The summed E-state index contributed by atoms with van der Waals surface area (Å²) in [5.74, 6) is -1.33. The molecule has 0 spiro atoms. The lowest BCUT2D eigenvalue weighted by atomic mass is 10.0. The van der Waals surface area contributed by atoms with Crippen molar-refractivity contribution in [2.45, 2.75) is 38.1 Å². The lowest BCUT2D eigenvalue weighted by Crippen LogP contribution is -2.43. The minimum Gasteiger partial charge on any atom is -0.435 e. The van der Waals surface area contributed by atoms with Crippen molar-refractivity contribution >= 4 is 46.0 Å². The molecular formula is C24H21ClF4N4O4. The molecule has 3 N–H and O–H groups in total. The number of aromatic nitrogens is 1. The average molecular weight is 541 g/mol. The van der Waals surface area contributed by atoms with Crippen LogP contribution < -0.4 is 15.8 Å². The Balaban J connectivity index is 1.52. The van der Waals surface area contributed by atoms with Crippen LogP contribution in [-0.2, 0) is 11.2 Å². The summed E-state index contributed by atoms with van der Waals surface area (Å²) in [5, 5.41) is 2.71. The SMILES string of the molecule is NC(=O)n1cc(NC(=O)N2C[C@H](F)C[C@H]2C(=O)CCc2cccc(Cl)c2F)c2ccc(OC(F)F)cc21. The molecule has 2 atom stereocenters. The van der Waals surface area contributed by atoms with E-state index in [2.05, 4.69) is 10.1 Å². The maximum absolute atomic E-state index is 14.3. The number of anilines is 1. The smallest absolute Gasteiger partial charge is 0.387 e. The summed E-state index contributed by atoms with van der Waals surface area (Å²) in [6, 6.07) is 5.25. The third-order valence-electron chi connectivity index (χ3n) is 6.04. The van der Waals surface area contributed by atoms with Crippen molar-refractivity contribution in [2.75, 3.05) is 11.9 Å². The Morgan fingerprint density at radius 2 is 1.97 bits per heavy atom. The molecule has 2 heterocycles. The number of primary amides is 1. The summed E-state index contributed by atoms with van der Waals surface area (Å²) in [6.07, 6.45) is -0.626. The van der Waals surface area contributed by atoms with Gasteiger partial charge in [-0.3, -0.25) is 9.36 Å². The fraction of sp³-hybridized carbons (Fsp3) is 0.292. The topological polar surface area (TPSA) is 107 Å². The molecule has 0 bridgehead atoms. The average Bonchev–Trinajstić information content (AvgIpc) is 3.40. The second-order valence-electron chi connectivity index (χ2n) is 8.42. The number of nitrogens with one attached hydrogen (secondary N) is 1. The number of alkyl halides is 3. The van der Waals surface area contributed by atoms with Gasteiger partial charge in [0.15, 0.2) is 5.78 Å². The molecule has 3 aromatic rings. The number of fused-ring (bicyclic) bond motifs is 1. The van der Waals surface area contributed by atoms with Gasteiger partial charge < -0.3 is 20.7 Å². The summed E-state index contributed by atoms with van der Waals surface area (Å²) in [7, 11) is 0. The largest absolute Gasteiger partial charge is 0.435 e. The zero-order valence-electron chi connectivity index (χ0n) is 19.1. The van der Waals surface area contributed by atoms with Crippen LogP contribution in [0.2, 0.25) is 5.02 Å². The first-order valence-electron chi connectivity index (χ1n) is 11.1. The Labute approximate surface area is 212 Å². The first-order valence-corrected chi connectivity index (χ1v) is 11.5. The number of hydrogen-bond donors (Lipinski definition) is 2. The van der Waals surface area contributed by atoms with Crippen molar-refractivity contribution in [1.29, 1.82) is 0 Å². The second kappa shape index (κ2) is 10.7. The van der Waals surface area contributed by atoms with Crippen LogP contribution in [0.1, 0.15) is 18.4 Å². The molecule has 0 saturated carbocycles. The lowest BCUT2D eigenvalue weighted by Gasteiger charge is -2.23. The van der Waals surface area contributed by atoms with Gasteiger partial charge >= 0.3 is 18.7 Å². The highest BCUT2D eigenvalue weighted by molar-refractivity contribution is 6.30. The first-order chi connectivity index (χ1) is 17.5. The minimum absolute atomic E-state index is 0.0171. The van der Waals surface area contributed by atoms with Crippen LogP contribution in [0.5, 0.6) is 5.75 Å². The van der Waals surface area contributed by atoms with Crippen molar-refractivity contribution in [2.24, 2.45) is 5.73 Å². The van der Waals surface area contributed by atoms with Crippen LogP contribution in [-0.4, -0.2) is 52.7 Å². The van der Waals surface area contributed by atoms with Crippen molar-refractivity contribution in [3.8, 4) is 5.75 Å². The van der Waals surface area contributed by atoms with E-state index in [9.17, 15) is 31.9 Å². The normalized spacial score (nSPS) is 17.4. The lowest BCUT2D eigenvalue weighted by molar-refractivity contribution is -0.122. The highest BCUT2D eigenvalue weighted by Gasteiger charge is 2.39. The van der Waals surface area contributed by atoms with Gasteiger partial charge in [0.25, 0.3) is 0 Å². The van der Waals surface area contributed by atoms with E-state index in [-0.39, 0.29) is 58.7 Å². The number of hydrogen-bond acceptors (Lipinski definition) is 4. The molecule has 1 aliphatic heterocycles. The molecule has 13 heteroatoms. The van der Waals surface area contributed by atoms with Gasteiger partial charge in [0, 0.05) is 30.5 Å². The van der Waals surface area contributed by atoms with Crippen molar-refractivity contribution in [3.05, 3.63) is 59.0 Å². The Morgan fingerprint density at radius 3 is 2.68 bits per heavy atom. The number of likely N-dealkylation sites (tertiary alicyclic amines) is 1. The number of amides is 3. The number of urea groups is 1. The van der Waals surface area contributed by atoms with Crippen LogP contribution in [0.15, 0.2) is 42.6 Å². The maximum Gasteiger partial charge on any atom is 0.387 e. The predicted octanol–water partition coefficient (Wildman–Crippen LogP) is 5.11. The molecular weight excluding hydrogens is 520 g/mol. The summed E-state index contributed by atoms with van der Waals surface area (Å²) in [4.78, 5) is 38.8. The number of Topliss-reactive ketones (excluding diaryl/α,β-unsaturated/α-hetero) is 1. The fourth-order valence-corrected chi connectivity index (χ4v) is 4.53. The molecule has 196 valence electrons.